The zero-order valence-electron chi connectivity index (χ0n) is 15.2. The standard InChI is InChI=1S/C19H24BrN3O2/c1-12-10-16(18(25)21-11-17(24)22-19(3,4)5)13(2)23(12)15-8-6-14(20)7-9-15/h6-10H,11H2,1-5H3,(H,21,25)(H,22,24). The number of rotatable bonds is 4. The predicted octanol–water partition coefficient (Wildman–Crippen LogP) is 3.50. The summed E-state index contributed by atoms with van der Waals surface area (Å²) in [7, 11) is 0. The molecule has 5 nitrogen and oxygen atoms in total. The molecule has 2 rings (SSSR count). The summed E-state index contributed by atoms with van der Waals surface area (Å²) >= 11 is 3.43. The van der Waals surface area contributed by atoms with Crippen LogP contribution in [0.3, 0.4) is 0 Å². The predicted molar refractivity (Wildman–Crippen MR) is 103 cm³/mol. The molecule has 25 heavy (non-hydrogen) atoms. The fourth-order valence-corrected chi connectivity index (χ4v) is 2.96. The number of carbonyl (C=O) groups is 2. The summed E-state index contributed by atoms with van der Waals surface area (Å²) in [6, 6.07) is 9.75. The molecule has 0 aliphatic carbocycles. The van der Waals surface area contributed by atoms with Gasteiger partial charge in [-0.05, 0) is 65.0 Å². The molecule has 0 saturated carbocycles. The molecule has 1 aromatic carbocycles. The Hall–Kier alpha value is -2.08. The maximum atomic E-state index is 12.5. The molecule has 0 aliphatic heterocycles. The minimum Gasteiger partial charge on any atom is -0.350 e. The van der Waals surface area contributed by atoms with E-state index in [0.717, 1.165) is 21.5 Å². The Kier molecular flexibility index (Phi) is 5.72. The third kappa shape index (κ3) is 4.95. The van der Waals surface area contributed by atoms with Crippen molar-refractivity contribution in [2.45, 2.75) is 40.2 Å². The van der Waals surface area contributed by atoms with Crippen LogP contribution in [0.5, 0.6) is 0 Å². The molecule has 0 aliphatic rings. The van der Waals surface area contributed by atoms with Crippen molar-refractivity contribution in [3.8, 4) is 5.69 Å². The average Bonchev–Trinajstić information content (AvgIpc) is 2.79. The Bertz CT molecular complexity index is 786. The molecule has 1 aromatic heterocycles. The summed E-state index contributed by atoms with van der Waals surface area (Å²) in [5, 5.41) is 5.52. The highest BCUT2D eigenvalue weighted by Crippen LogP contribution is 2.22. The van der Waals surface area contributed by atoms with Crippen molar-refractivity contribution in [2.24, 2.45) is 0 Å². The molecule has 0 atom stereocenters. The summed E-state index contributed by atoms with van der Waals surface area (Å²) in [4.78, 5) is 24.3. The van der Waals surface area contributed by atoms with Crippen LogP contribution in [0.4, 0.5) is 0 Å². The van der Waals surface area contributed by atoms with Crippen molar-refractivity contribution >= 4 is 27.7 Å². The number of carbonyl (C=O) groups excluding carboxylic acids is 2. The lowest BCUT2D eigenvalue weighted by Crippen LogP contribution is -2.45. The van der Waals surface area contributed by atoms with E-state index in [1.54, 1.807) is 0 Å². The molecular formula is C19H24BrN3O2. The zero-order valence-corrected chi connectivity index (χ0v) is 16.8. The Balaban J connectivity index is 2.15. The molecule has 0 fully saturated rings. The van der Waals surface area contributed by atoms with E-state index < -0.39 is 0 Å². The Morgan fingerprint density at radius 1 is 1.12 bits per heavy atom. The second-order valence-corrected chi connectivity index (χ2v) is 7.99. The monoisotopic (exact) mass is 405 g/mol. The van der Waals surface area contributed by atoms with Gasteiger partial charge in [-0.1, -0.05) is 15.9 Å². The van der Waals surface area contributed by atoms with Gasteiger partial charge in [0, 0.05) is 27.1 Å². The van der Waals surface area contributed by atoms with Crippen LogP contribution in [0.25, 0.3) is 5.69 Å². The van der Waals surface area contributed by atoms with E-state index >= 15 is 0 Å². The van der Waals surface area contributed by atoms with Crippen LogP contribution in [-0.4, -0.2) is 28.5 Å². The van der Waals surface area contributed by atoms with Crippen LogP contribution in [0, 0.1) is 13.8 Å². The third-order valence-corrected chi connectivity index (χ3v) is 4.21. The van der Waals surface area contributed by atoms with Crippen LogP contribution in [0.15, 0.2) is 34.8 Å². The highest BCUT2D eigenvalue weighted by Gasteiger charge is 2.18. The number of benzene rings is 1. The molecule has 0 radical (unpaired) electrons. The van der Waals surface area contributed by atoms with Crippen LogP contribution in [0.1, 0.15) is 42.5 Å². The van der Waals surface area contributed by atoms with Gasteiger partial charge in [0.2, 0.25) is 5.91 Å². The van der Waals surface area contributed by atoms with Crippen LogP contribution in [-0.2, 0) is 4.79 Å². The van der Waals surface area contributed by atoms with Crippen LogP contribution in [0.2, 0.25) is 0 Å². The molecule has 2 amide bonds. The molecule has 2 N–H and O–H groups in total. The number of amides is 2. The number of aryl methyl sites for hydroxylation is 1. The molecule has 134 valence electrons. The summed E-state index contributed by atoms with van der Waals surface area (Å²) < 4.78 is 3.03. The van der Waals surface area contributed by atoms with Crippen LogP contribution >= 0.6 is 15.9 Å². The molecule has 0 saturated heterocycles. The van der Waals surface area contributed by atoms with Gasteiger partial charge in [0.05, 0.1) is 12.1 Å². The van der Waals surface area contributed by atoms with Crippen molar-refractivity contribution in [1.82, 2.24) is 15.2 Å². The first kappa shape index (κ1) is 19.2. The van der Waals surface area contributed by atoms with E-state index in [1.165, 1.54) is 0 Å². The topological polar surface area (TPSA) is 63.1 Å². The van der Waals surface area contributed by atoms with Crippen LogP contribution < -0.4 is 10.6 Å². The third-order valence-electron chi connectivity index (χ3n) is 3.68. The SMILES string of the molecule is Cc1cc(C(=O)NCC(=O)NC(C)(C)C)c(C)n1-c1ccc(Br)cc1. The first-order chi connectivity index (χ1) is 11.6. The summed E-state index contributed by atoms with van der Waals surface area (Å²) in [6.07, 6.45) is 0. The van der Waals surface area contributed by atoms with E-state index in [-0.39, 0.29) is 23.9 Å². The number of hydrogen-bond donors (Lipinski definition) is 2. The second-order valence-electron chi connectivity index (χ2n) is 7.08. The summed E-state index contributed by atoms with van der Waals surface area (Å²) in [6.45, 7) is 9.52. The first-order valence-electron chi connectivity index (χ1n) is 8.12. The zero-order chi connectivity index (χ0) is 18.8. The van der Waals surface area contributed by atoms with E-state index in [2.05, 4.69) is 26.6 Å². The lowest BCUT2D eigenvalue weighted by atomic mass is 10.1. The van der Waals surface area contributed by atoms with Crippen molar-refractivity contribution in [3.05, 3.63) is 51.8 Å². The molecule has 2 aromatic rings. The van der Waals surface area contributed by atoms with Gasteiger partial charge in [0.1, 0.15) is 0 Å². The van der Waals surface area contributed by atoms with Crippen molar-refractivity contribution in [2.75, 3.05) is 6.54 Å². The number of hydrogen-bond acceptors (Lipinski definition) is 2. The van der Waals surface area contributed by atoms with Gasteiger partial charge < -0.3 is 15.2 Å². The minimum absolute atomic E-state index is 0.0436. The maximum Gasteiger partial charge on any atom is 0.253 e. The largest absolute Gasteiger partial charge is 0.350 e. The lowest BCUT2D eigenvalue weighted by molar-refractivity contribution is -0.121. The normalized spacial score (nSPS) is 11.3. The van der Waals surface area contributed by atoms with Gasteiger partial charge in [-0.25, -0.2) is 0 Å². The number of nitrogens with one attached hydrogen (secondary N) is 2. The lowest BCUT2D eigenvalue weighted by Gasteiger charge is -2.20. The molecule has 0 bridgehead atoms. The number of aromatic nitrogens is 1. The Morgan fingerprint density at radius 2 is 1.72 bits per heavy atom. The van der Waals surface area contributed by atoms with Gasteiger partial charge in [0.15, 0.2) is 0 Å². The van der Waals surface area contributed by atoms with E-state index in [9.17, 15) is 9.59 Å². The van der Waals surface area contributed by atoms with Gasteiger partial charge in [0.25, 0.3) is 5.91 Å². The number of nitrogens with zero attached hydrogens (tertiary/aromatic N) is 1. The quantitative estimate of drug-likeness (QED) is 0.817. The van der Waals surface area contributed by atoms with Gasteiger partial charge in [-0.3, -0.25) is 9.59 Å². The molecule has 0 unspecified atom stereocenters. The second kappa shape index (κ2) is 7.44. The molecule has 1 heterocycles. The Morgan fingerprint density at radius 3 is 2.28 bits per heavy atom. The Labute approximate surface area is 156 Å². The molecular weight excluding hydrogens is 382 g/mol. The number of halogens is 1. The summed E-state index contributed by atoms with van der Waals surface area (Å²) in [5.74, 6) is -0.455. The maximum absolute atomic E-state index is 12.5. The average molecular weight is 406 g/mol. The van der Waals surface area contributed by atoms with Crippen molar-refractivity contribution in [1.29, 1.82) is 0 Å². The fraction of sp³-hybridized carbons (Fsp3) is 0.368. The minimum atomic E-state index is -0.320. The smallest absolute Gasteiger partial charge is 0.253 e. The molecule has 6 heteroatoms. The van der Waals surface area contributed by atoms with E-state index in [1.807, 2.05) is 69.5 Å². The summed E-state index contributed by atoms with van der Waals surface area (Å²) in [5.41, 5.74) is 3.04. The van der Waals surface area contributed by atoms with E-state index in [0.29, 0.717) is 5.56 Å². The van der Waals surface area contributed by atoms with Crippen molar-refractivity contribution < 1.29 is 9.59 Å². The first-order valence-corrected chi connectivity index (χ1v) is 8.92. The van der Waals surface area contributed by atoms with Gasteiger partial charge in [-0.2, -0.15) is 0 Å². The highest BCUT2D eigenvalue weighted by molar-refractivity contribution is 9.10. The molecule has 0 spiro atoms. The highest BCUT2D eigenvalue weighted by atomic mass is 79.9. The van der Waals surface area contributed by atoms with Crippen molar-refractivity contribution in [3.63, 3.8) is 0 Å². The van der Waals surface area contributed by atoms with Gasteiger partial charge >= 0.3 is 0 Å². The fourth-order valence-electron chi connectivity index (χ4n) is 2.70. The van der Waals surface area contributed by atoms with Gasteiger partial charge in [-0.15, -0.1) is 0 Å². The van der Waals surface area contributed by atoms with E-state index in [4.69, 9.17) is 0 Å².